The van der Waals surface area contributed by atoms with Gasteiger partial charge in [-0.2, -0.15) is 0 Å². The molecule has 106 valence electrons. The van der Waals surface area contributed by atoms with Crippen molar-refractivity contribution in [3.8, 4) is 0 Å². The van der Waals surface area contributed by atoms with Crippen LogP contribution in [0.3, 0.4) is 0 Å². The molecule has 4 heteroatoms. The average Bonchev–Trinajstić information content (AvgIpc) is 2.88. The molecule has 0 spiro atoms. The van der Waals surface area contributed by atoms with Crippen molar-refractivity contribution in [2.24, 2.45) is 0 Å². The molecular weight excluding hydrogens is 226 g/mol. The third kappa shape index (κ3) is 4.19. The molecule has 1 unspecified atom stereocenters. The SMILES string of the molecule is COCCN(CC1CCCN1)C1CCN(C)CC1. The quantitative estimate of drug-likeness (QED) is 0.759. The minimum absolute atomic E-state index is 0.710. The van der Waals surface area contributed by atoms with E-state index in [1.54, 1.807) is 7.11 Å². The van der Waals surface area contributed by atoms with E-state index in [1.807, 2.05) is 0 Å². The van der Waals surface area contributed by atoms with E-state index < -0.39 is 0 Å². The van der Waals surface area contributed by atoms with Crippen molar-refractivity contribution in [1.82, 2.24) is 15.1 Å². The summed E-state index contributed by atoms with van der Waals surface area (Å²) in [5.41, 5.74) is 0. The van der Waals surface area contributed by atoms with E-state index in [2.05, 4.69) is 22.2 Å². The van der Waals surface area contributed by atoms with Gasteiger partial charge in [-0.25, -0.2) is 0 Å². The van der Waals surface area contributed by atoms with Crippen LogP contribution in [0, 0.1) is 0 Å². The van der Waals surface area contributed by atoms with Gasteiger partial charge in [-0.15, -0.1) is 0 Å². The van der Waals surface area contributed by atoms with E-state index in [1.165, 1.54) is 51.9 Å². The van der Waals surface area contributed by atoms with Crippen molar-refractivity contribution >= 4 is 0 Å². The highest BCUT2D eigenvalue weighted by molar-refractivity contribution is 4.84. The molecular formula is C14H29N3O. The van der Waals surface area contributed by atoms with Crippen LogP contribution in [-0.4, -0.2) is 75.4 Å². The molecule has 0 amide bonds. The first-order valence-corrected chi connectivity index (χ1v) is 7.44. The highest BCUT2D eigenvalue weighted by atomic mass is 16.5. The van der Waals surface area contributed by atoms with Crippen LogP contribution in [0.25, 0.3) is 0 Å². The number of methoxy groups -OCH3 is 1. The number of nitrogens with zero attached hydrogens (tertiary/aromatic N) is 2. The summed E-state index contributed by atoms with van der Waals surface area (Å²) in [6.45, 7) is 6.84. The van der Waals surface area contributed by atoms with Gasteiger partial charge in [-0.3, -0.25) is 4.90 Å². The van der Waals surface area contributed by atoms with Crippen molar-refractivity contribution in [2.45, 2.75) is 37.8 Å². The number of piperidine rings is 1. The molecule has 18 heavy (non-hydrogen) atoms. The van der Waals surface area contributed by atoms with Crippen molar-refractivity contribution in [3.63, 3.8) is 0 Å². The van der Waals surface area contributed by atoms with E-state index in [0.29, 0.717) is 6.04 Å². The molecule has 0 aromatic heterocycles. The second-order valence-electron chi connectivity index (χ2n) is 5.82. The van der Waals surface area contributed by atoms with Crippen LogP contribution >= 0.6 is 0 Å². The van der Waals surface area contributed by atoms with Gasteiger partial charge in [0.05, 0.1) is 6.61 Å². The lowest BCUT2D eigenvalue weighted by Crippen LogP contribution is -2.49. The Hall–Kier alpha value is -0.160. The Bertz CT molecular complexity index is 223. The molecule has 2 aliphatic heterocycles. The van der Waals surface area contributed by atoms with Gasteiger partial charge in [0.25, 0.3) is 0 Å². The van der Waals surface area contributed by atoms with Crippen LogP contribution < -0.4 is 5.32 Å². The molecule has 0 aliphatic carbocycles. The Morgan fingerprint density at radius 1 is 1.28 bits per heavy atom. The highest BCUT2D eigenvalue weighted by Gasteiger charge is 2.26. The van der Waals surface area contributed by atoms with E-state index in [9.17, 15) is 0 Å². The fourth-order valence-corrected chi connectivity index (χ4v) is 3.19. The van der Waals surface area contributed by atoms with E-state index in [-0.39, 0.29) is 0 Å². The number of hydrogen-bond acceptors (Lipinski definition) is 4. The molecule has 4 nitrogen and oxygen atoms in total. The molecule has 0 aromatic rings. The normalized spacial score (nSPS) is 27.2. The molecule has 2 aliphatic rings. The lowest BCUT2D eigenvalue weighted by Gasteiger charge is -2.38. The average molecular weight is 255 g/mol. The monoisotopic (exact) mass is 255 g/mol. The van der Waals surface area contributed by atoms with E-state index in [0.717, 1.165) is 19.2 Å². The summed E-state index contributed by atoms with van der Waals surface area (Å²) < 4.78 is 5.28. The highest BCUT2D eigenvalue weighted by Crippen LogP contribution is 2.17. The summed E-state index contributed by atoms with van der Waals surface area (Å²) >= 11 is 0. The second-order valence-corrected chi connectivity index (χ2v) is 5.82. The van der Waals surface area contributed by atoms with Crippen LogP contribution in [0.2, 0.25) is 0 Å². The Morgan fingerprint density at radius 3 is 2.67 bits per heavy atom. The zero-order valence-corrected chi connectivity index (χ0v) is 12.0. The third-order valence-corrected chi connectivity index (χ3v) is 4.40. The van der Waals surface area contributed by atoms with Gasteiger partial charge in [0.2, 0.25) is 0 Å². The van der Waals surface area contributed by atoms with Gasteiger partial charge < -0.3 is 15.0 Å². The summed E-state index contributed by atoms with van der Waals surface area (Å²) in [6.07, 6.45) is 5.31. The van der Waals surface area contributed by atoms with Gasteiger partial charge in [0.1, 0.15) is 0 Å². The first-order chi connectivity index (χ1) is 8.79. The zero-order valence-electron chi connectivity index (χ0n) is 12.0. The van der Waals surface area contributed by atoms with Crippen LogP contribution in [0.4, 0.5) is 0 Å². The van der Waals surface area contributed by atoms with Crippen molar-refractivity contribution < 1.29 is 4.74 Å². The molecule has 1 N–H and O–H groups in total. The first-order valence-electron chi connectivity index (χ1n) is 7.44. The molecule has 0 aromatic carbocycles. The summed E-state index contributed by atoms with van der Waals surface area (Å²) in [5, 5.41) is 3.62. The second kappa shape index (κ2) is 7.43. The standard InChI is InChI=1S/C14H29N3O/c1-16-8-5-14(6-9-16)17(10-11-18-2)12-13-4-3-7-15-13/h13-15H,3-12H2,1-2H3. The topological polar surface area (TPSA) is 27.7 Å². The van der Waals surface area contributed by atoms with Gasteiger partial charge in [-0.05, 0) is 52.4 Å². The predicted molar refractivity (Wildman–Crippen MR) is 75.0 cm³/mol. The number of nitrogens with one attached hydrogen (secondary N) is 1. The summed E-state index contributed by atoms with van der Waals surface area (Å²) in [6, 6.07) is 1.47. The Morgan fingerprint density at radius 2 is 2.06 bits per heavy atom. The Kier molecular flexibility index (Phi) is 5.89. The molecule has 2 saturated heterocycles. The van der Waals surface area contributed by atoms with Crippen molar-refractivity contribution in [3.05, 3.63) is 0 Å². The zero-order chi connectivity index (χ0) is 12.8. The maximum Gasteiger partial charge on any atom is 0.0589 e. The molecule has 2 heterocycles. The van der Waals surface area contributed by atoms with Crippen LogP contribution in [0.5, 0.6) is 0 Å². The Balaban J connectivity index is 1.82. The maximum absolute atomic E-state index is 5.28. The van der Waals surface area contributed by atoms with Crippen LogP contribution in [0.1, 0.15) is 25.7 Å². The summed E-state index contributed by atoms with van der Waals surface area (Å²) in [5.74, 6) is 0. The minimum atomic E-state index is 0.710. The fraction of sp³-hybridized carbons (Fsp3) is 1.00. The molecule has 2 fully saturated rings. The lowest BCUT2D eigenvalue weighted by molar-refractivity contribution is 0.0795. The molecule has 0 bridgehead atoms. The molecule has 1 atom stereocenters. The number of hydrogen-bond donors (Lipinski definition) is 1. The summed E-state index contributed by atoms with van der Waals surface area (Å²) in [4.78, 5) is 5.11. The maximum atomic E-state index is 5.28. The van der Waals surface area contributed by atoms with Gasteiger partial charge in [0.15, 0.2) is 0 Å². The predicted octanol–water partition coefficient (Wildman–Crippen LogP) is 0.781. The van der Waals surface area contributed by atoms with Gasteiger partial charge in [-0.1, -0.05) is 0 Å². The van der Waals surface area contributed by atoms with Crippen molar-refractivity contribution in [2.75, 3.05) is 53.5 Å². The molecule has 2 rings (SSSR count). The first kappa shape index (κ1) is 14.3. The summed E-state index contributed by atoms with van der Waals surface area (Å²) in [7, 11) is 4.04. The minimum Gasteiger partial charge on any atom is -0.383 e. The number of ether oxygens (including phenoxy) is 1. The Labute approximate surface area is 112 Å². The molecule has 0 saturated carbocycles. The van der Waals surface area contributed by atoms with Crippen LogP contribution in [-0.2, 0) is 4.74 Å². The smallest absolute Gasteiger partial charge is 0.0589 e. The van der Waals surface area contributed by atoms with E-state index >= 15 is 0 Å². The lowest BCUT2D eigenvalue weighted by atomic mass is 10.0. The largest absolute Gasteiger partial charge is 0.383 e. The van der Waals surface area contributed by atoms with Gasteiger partial charge >= 0.3 is 0 Å². The van der Waals surface area contributed by atoms with Gasteiger partial charge in [0, 0.05) is 32.3 Å². The number of rotatable bonds is 6. The van der Waals surface area contributed by atoms with E-state index in [4.69, 9.17) is 4.74 Å². The third-order valence-electron chi connectivity index (χ3n) is 4.40. The molecule has 0 radical (unpaired) electrons. The number of likely N-dealkylation sites (tertiary alicyclic amines) is 1. The fourth-order valence-electron chi connectivity index (χ4n) is 3.19. The van der Waals surface area contributed by atoms with Crippen molar-refractivity contribution in [1.29, 1.82) is 0 Å². The van der Waals surface area contributed by atoms with Crippen LogP contribution in [0.15, 0.2) is 0 Å².